The molecule has 20 heavy (non-hydrogen) atoms. The number of amides is 1. The molecule has 0 bridgehead atoms. The Morgan fingerprint density at radius 1 is 1.55 bits per heavy atom. The minimum Gasteiger partial charge on any atom is -0.464 e. The predicted octanol–water partition coefficient (Wildman–Crippen LogP) is 0.273. The number of anilines is 1. The van der Waals surface area contributed by atoms with Gasteiger partial charge in [-0.3, -0.25) is 4.79 Å². The van der Waals surface area contributed by atoms with Crippen LogP contribution in [0.25, 0.3) is 0 Å². The molecular weight excluding hydrogens is 291 g/mol. The van der Waals surface area contributed by atoms with E-state index < -0.39 is 33.8 Å². The first kappa shape index (κ1) is 14.4. The molecule has 0 radical (unpaired) electrons. The van der Waals surface area contributed by atoms with Crippen LogP contribution in [0.3, 0.4) is 0 Å². The number of hydrogen-bond acceptors (Lipinski definition) is 6. The van der Waals surface area contributed by atoms with Crippen molar-refractivity contribution in [3.05, 3.63) is 24.0 Å². The van der Waals surface area contributed by atoms with Crippen LogP contribution in [-0.4, -0.2) is 44.2 Å². The predicted molar refractivity (Wildman–Crippen MR) is 66.4 cm³/mol. The summed E-state index contributed by atoms with van der Waals surface area (Å²) in [6.07, 6.45) is 0.862. The topological polar surface area (TPSA) is 93.6 Å². The first-order valence-electron chi connectivity index (χ1n) is 5.61. The summed E-state index contributed by atoms with van der Waals surface area (Å²) in [5, 5.41) is -1.38. The van der Waals surface area contributed by atoms with E-state index in [0.717, 1.165) is 4.90 Å². The van der Waals surface area contributed by atoms with E-state index in [1.807, 2.05) is 0 Å². The SMILES string of the molecule is COC(=O)c1cc(N2CC(S(=O)(=O)F)CC2=O)ccn1. The standard InChI is InChI=1S/C11H11FN2O5S/c1-19-11(16)9-4-7(2-3-13-9)14-6-8(5-10(14)15)20(12,17)18/h2-4,8H,5-6H2,1H3. The van der Waals surface area contributed by atoms with Crippen molar-refractivity contribution in [2.24, 2.45) is 0 Å². The largest absolute Gasteiger partial charge is 0.464 e. The van der Waals surface area contributed by atoms with Gasteiger partial charge in [-0.25, -0.2) is 9.78 Å². The molecule has 0 aliphatic carbocycles. The van der Waals surface area contributed by atoms with Crippen LogP contribution >= 0.6 is 0 Å². The van der Waals surface area contributed by atoms with Gasteiger partial charge in [0.15, 0.2) is 0 Å². The van der Waals surface area contributed by atoms with Crippen molar-refractivity contribution in [2.45, 2.75) is 11.7 Å². The minimum atomic E-state index is -4.78. The molecular formula is C11H11FN2O5S. The lowest BCUT2D eigenvalue weighted by Gasteiger charge is -2.16. The smallest absolute Gasteiger partial charge is 0.356 e. The summed E-state index contributed by atoms with van der Waals surface area (Å²) >= 11 is 0. The average molecular weight is 302 g/mol. The second-order valence-electron chi connectivity index (χ2n) is 4.20. The highest BCUT2D eigenvalue weighted by atomic mass is 32.3. The Morgan fingerprint density at radius 2 is 2.25 bits per heavy atom. The quantitative estimate of drug-likeness (QED) is 0.588. The van der Waals surface area contributed by atoms with Crippen LogP contribution in [0.5, 0.6) is 0 Å². The molecule has 1 saturated heterocycles. The normalized spacial score (nSPS) is 19.2. The molecule has 7 nitrogen and oxygen atoms in total. The Labute approximate surface area is 114 Å². The third kappa shape index (κ3) is 2.77. The zero-order valence-corrected chi connectivity index (χ0v) is 11.3. The van der Waals surface area contributed by atoms with Gasteiger partial charge < -0.3 is 9.64 Å². The Morgan fingerprint density at radius 3 is 2.80 bits per heavy atom. The number of nitrogens with zero attached hydrogens (tertiary/aromatic N) is 2. The summed E-state index contributed by atoms with van der Waals surface area (Å²) in [6.45, 7) is -0.289. The molecule has 1 aromatic rings. The summed E-state index contributed by atoms with van der Waals surface area (Å²) in [4.78, 5) is 28.0. The number of esters is 1. The van der Waals surface area contributed by atoms with Crippen molar-refractivity contribution in [3.8, 4) is 0 Å². The molecule has 1 aromatic heterocycles. The van der Waals surface area contributed by atoms with Crippen LogP contribution in [-0.2, 0) is 19.8 Å². The van der Waals surface area contributed by atoms with E-state index in [9.17, 15) is 21.9 Å². The Balaban J connectivity index is 2.29. The maximum Gasteiger partial charge on any atom is 0.356 e. The van der Waals surface area contributed by atoms with Gasteiger partial charge in [-0.05, 0) is 12.1 Å². The van der Waals surface area contributed by atoms with Gasteiger partial charge in [0.1, 0.15) is 10.9 Å². The number of methoxy groups -OCH3 is 1. The van der Waals surface area contributed by atoms with E-state index in [2.05, 4.69) is 9.72 Å². The van der Waals surface area contributed by atoms with Crippen LogP contribution in [0.1, 0.15) is 16.9 Å². The Bertz CT molecular complexity index is 661. The molecule has 2 rings (SSSR count). The highest BCUT2D eigenvalue weighted by Crippen LogP contribution is 2.26. The van der Waals surface area contributed by atoms with Crippen LogP contribution in [0.15, 0.2) is 18.3 Å². The first-order chi connectivity index (χ1) is 9.32. The van der Waals surface area contributed by atoms with Crippen molar-refractivity contribution in [2.75, 3.05) is 18.6 Å². The van der Waals surface area contributed by atoms with E-state index in [1.165, 1.54) is 25.4 Å². The number of aromatic nitrogens is 1. The lowest BCUT2D eigenvalue weighted by atomic mass is 10.3. The summed E-state index contributed by atoms with van der Waals surface area (Å²) in [5.41, 5.74) is 0.251. The molecule has 9 heteroatoms. The fourth-order valence-electron chi connectivity index (χ4n) is 1.92. The number of rotatable bonds is 3. The first-order valence-corrected chi connectivity index (χ1v) is 7.06. The summed E-state index contributed by atoms with van der Waals surface area (Å²) in [7, 11) is -3.59. The van der Waals surface area contributed by atoms with Gasteiger partial charge in [0, 0.05) is 24.8 Å². The fraction of sp³-hybridized carbons (Fsp3) is 0.364. The maximum absolute atomic E-state index is 12.9. The fourth-order valence-corrected chi connectivity index (χ4v) is 2.59. The summed E-state index contributed by atoms with van der Waals surface area (Å²) in [6, 6.07) is 2.72. The molecule has 1 fully saturated rings. The zero-order chi connectivity index (χ0) is 14.9. The molecule has 1 aliphatic heterocycles. The van der Waals surface area contributed by atoms with Gasteiger partial charge in [0.2, 0.25) is 5.91 Å². The maximum atomic E-state index is 12.9. The van der Waals surface area contributed by atoms with Gasteiger partial charge in [-0.15, -0.1) is 3.89 Å². The van der Waals surface area contributed by atoms with E-state index in [4.69, 9.17) is 0 Å². The van der Waals surface area contributed by atoms with Crippen molar-refractivity contribution in [1.29, 1.82) is 0 Å². The number of halogens is 1. The van der Waals surface area contributed by atoms with E-state index >= 15 is 0 Å². The van der Waals surface area contributed by atoms with E-state index in [1.54, 1.807) is 0 Å². The van der Waals surface area contributed by atoms with Gasteiger partial charge >= 0.3 is 16.2 Å². The van der Waals surface area contributed by atoms with Crippen molar-refractivity contribution >= 4 is 27.8 Å². The lowest BCUT2D eigenvalue weighted by molar-refractivity contribution is -0.117. The summed E-state index contributed by atoms with van der Waals surface area (Å²) in [5.74, 6) is -1.22. The van der Waals surface area contributed by atoms with Gasteiger partial charge in [-0.2, -0.15) is 8.42 Å². The van der Waals surface area contributed by atoms with Crippen LogP contribution in [0, 0.1) is 0 Å². The molecule has 1 aliphatic rings. The molecule has 1 unspecified atom stereocenters. The zero-order valence-electron chi connectivity index (χ0n) is 10.4. The highest BCUT2D eigenvalue weighted by molar-refractivity contribution is 7.87. The number of carbonyl (C=O) groups is 2. The van der Waals surface area contributed by atoms with E-state index in [-0.39, 0.29) is 17.9 Å². The number of carbonyl (C=O) groups excluding carboxylic acids is 2. The molecule has 2 heterocycles. The lowest BCUT2D eigenvalue weighted by Crippen LogP contribution is -2.27. The van der Waals surface area contributed by atoms with Crippen molar-refractivity contribution in [3.63, 3.8) is 0 Å². The van der Waals surface area contributed by atoms with Crippen LogP contribution in [0.2, 0.25) is 0 Å². The monoisotopic (exact) mass is 302 g/mol. The van der Waals surface area contributed by atoms with Crippen molar-refractivity contribution in [1.82, 2.24) is 4.98 Å². The summed E-state index contributed by atoms with van der Waals surface area (Å²) < 4.78 is 39.1. The van der Waals surface area contributed by atoms with E-state index in [0.29, 0.717) is 0 Å². The van der Waals surface area contributed by atoms with Gasteiger partial charge in [-0.1, -0.05) is 0 Å². The third-order valence-corrected chi connectivity index (χ3v) is 4.05. The molecule has 0 aromatic carbocycles. The molecule has 108 valence electrons. The Kier molecular flexibility index (Phi) is 3.71. The number of hydrogen-bond donors (Lipinski definition) is 0. The molecule has 1 amide bonds. The minimum absolute atomic E-state index is 0.0237. The second-order valence-corrected chi connectivity index (χ2v) is 5.81. The number of ether oxygens (including phenoxy) is 1. The number of pyridine rings is 1. The highest BCUT2D eigenvalue weighted by Gasteiger charge is 2.39. The van der Waals surface area contributed by atoms with Crippen molar-refractivity contribution < 1.29 is 26.6 Å². The molecule has 0 N–H and O–H groups in total. The van der Waals surface area contributed by atoms with Gasteiger partial charge in [0.05, 0.1) is 7.11 Å². The van der Waals surface area contributed by atoms with Crippen LogP contribution < -0.4 is 4.90 Å². The molecule has 1 atom stereocenters. The molecule has 0 spiro atoms. The third-order valence-electron chi connectivity index (χ3n) is 2.94. The van der Waals surface area contributed by atoms with Gasteiger partial charge in [0.25, 0.3) is 0 Å². The van der Waals surface area contributed by atoms with Crippen LogP contribution in [0.4, 0.5) is 9.57 Å². The second kappa shape index (κ2) is 5.16. The molecule has 0 saturated carbocycles. The Hall–Kier alpha value is -2.03. The average Bonchev–Trinajstić information content (AvgIpc) is 2.80.